The van der Waals surface area contributed by atoms with E-state index in [1.54, 1.807) is 12.1 Å². The molecule has 0 aliphatic heterocycles. The topological polar surface area (TPSA) is 84.3 Å². The molecule has 0 amide bonds. The van der Waals surface area contributed by atoms with Crippen molar-refractivity contribution >= 4 is 22.8 Å². The molecule has 0 unspecified atom stereocenters. The molecule has 1 aromatic heterocycles. The smallest absolute Gasteiger partial charge is 0.295 e. The fraction of sp³-hybridized carbons (Fsp3) is 0.500. The number of hydrogen-bond acceptors (Lipinski definition) is 5. The number of aliphatic hydroxyl groups is 1. The molecule has 2 aromatic rings. The summed E-state index contributed by atoms with van der Waals surface area (Å²) in [4.78, 5) is 4.35. The summed E-state index contributed by atoms with van der Waals surface area (Å²) in [6, 6.07) is 5.93. The molecular formula is C14H21N3O2. The number of fused-ring (bicyclic) bond motifs is 1. The Kier molecular flexibility index (Phi) is 3.95. The van der Waals surface area contributed by atoms with Gasteiger partial charge >= 0.3 is 0 Å². The first kappa shape index (κ1) is 13.7. The zero-order valence-electron chi connectivity index (χ0n) is 11.4. The molecule has 0 fully saturated rings. The van der Waals surface area contributed by atoms with Crippen LogP contribution < -0.4 is 11.1 Å². The molecule has 1 aromatic carbocycles. The van der Waals surface area contributed by atoms with Crippen LogP contribution in [-0.4, -0.2) is 23.2 Å². The van der Waals surface area contributed by atoms with Gasteiger partial charge in [0.2, 0.25) is 0 Å². The van der Waals surface area contributed by atoms with Gasteiger partial charge in [0.05, 0.1) is 0 Å². The molecular weight excluding hydrogens is 242 g/mol. The van der Waals surface area contributed by atoms with Gasteiger partial charge in [-0.3, -0.25) is 0 Å². The number of aromatic nitrogens is 1. The van der Waals surface area contributed by atoms with Crippen molar-refractivity contribution in [1.82, 2.24) is 4.98 Å². The van der Waals surface area contributed by atoms with Gasteiger partial charge in [0.1, 0.15) is 5.52 Å². The van der Waals surface area contributed by atoms with Crippen molar-refractivity contribution in [2.24, 2.45) is 5.41 Å². The van der Waals surface area contributed by atoms with Crippen LogP contribution in [0.4, 0.5) is 11.7 Å². The van der Waals surface area contributed by atoms with E-state index in [0.29, 0.717) is 17.3 Å². The summed E-state index contributed by atoms with van der Waals surface area (Å²) in [5.41, 5.74) is 7.94. The SMILES string of the molecule is CC(C)(CCCO)CNc1nc2ccc(N)cc2o1. The number of anilines is 2. The summed E-state index contributed by atoms with van der Waals surface area (Å²) in [6.07, 6.45) is 1.75. The van der Waals surface area contributed by atoms with Crippen molar-refractivity contribution in [3.05, 3.63) is 18.2 Å². The maximum atomic E-state index is 8.87. The van der Waals surface area contributed by atoms with Gasteiger partial charge in [-0.1, -0.05) is 13.8 Å². The summed E-state index contributed by atoms with van der Waals surface area (Å²) in [5, 5.41) is 12.1. The highest BCUT2D eigenvalue weighted by molar-refractivity contribution is 5.78. The van der Waals surface area contributed by atoms with Gasteiger partial charge in [0.15, 0.2) is 5.58 Å². The third kappa shape index (κ3) is 3.61. The fourth-order valence-corrected chi connectivity index (χ4v) is 1.98. The maximum Gasteiger partial charge on any atom is 0.295 e. The predicted octanol–water partition coefficient (Wildman–Crippen LogP) is 2.62. The van der Waals surface area contributed by atoms with Gasteiger partial charge in [-0.2, -0.15) is 4.98 Å². The van der Waals surface area contributed by atoms with Gasteiger partial charge in [-0.15, -0.1) is 0 Å². The monoisotopic (exact) mass is 263 g/mol. The van der Waals surface area contributed by atoms with Crippen LogP contribution >= 0.6 is 0 Å². The van der Waals surface area contributed by atoms with Crippen molar-refractivity contribution in [1.29, 1.82) is 0 Å². The molecule has 0 atom stereocenters. The van der Waals surface area contributed by atoms with Gasteiger partial charge in [0, 0.05) is 24.9 Å². The first-order valence-corrected chi connectivity index (χ1v) is 6.51. The lowest BCUT2D eigenvalue weighted by atomic mass is 9.88. The van der Waals surface area contributed by atoms with Crippen LogP contribution in [-0.2, 0) is 0 Å². The maximum absolute atomic E-state index is 8.87. The van der Waals surface area contributed by atoms with Crippen molar-refractivity contribution in [2.45, 2.75) is 26.7 Å². The number of nitrogens with two attached hydrogens (primary N) is 1. The highest BCUT2D eigenvalue weighted by Gasteiger charge is 2.18. The summed E-state index contributed by atoms with van der Waals surface area (Å²) in [7, 11) is 0. The fourth-order valence-electron chi connectivity index (χ4n) is 1.98. The highest BCUT2D eigenvalue weighted by atomic mass is 16.4. The number of nitrogens with one attached hydrogen (secondary N) is 1. The van der Waals surface area contributed by atoms with E-state index in [1.165, 1.54) is 0 Å². The molecule has 1 heterocycles. The van der Waals surface area contributed by atoms with E-state index in [9.17, 15) is 0 Å². The molecule has 2 rings (SSSR count). The second kappa shape index (κ2) is 5.48. The van der Waals surface area contributed by atoms with E-state index in [1.807, 2.05) is 6.07 Å². The van der Waals surface area contributed by atoms with Crippen LogP contribution in [0.2, 0.25) is 0 Å². The number of nitrogen functional groups attached to an aromatic ring is 1. The summed E-state index contributed by atoms with van der Waals surface area (Å²) in [6.45, 7) is 5.27. The van der Waals surface area contributed by atoms with Crippen molar-refractivity contribution < 1.29 is 9.52 Å². The second-order valence-electron chi connectivity index (χ2n) is 5.59. The van der Waals surface area contributed by atoms with Crippen LogP contribution in [0.15, 0.2) is 22.6 Å². The zero-order valence-corrected chi connectivity index (χ0v) is 11.4. The van der Waals surface area contributed by atoms with Crippen LogP contribution in [0.25, 0.3) is 11.1 Å². The first-order chi connectivity index (χ1) is 9.00. The molecule has 0 saturated heterocycles. The number of benzene rings is 1. The van der Waals surface area contributed by atoms with E-state index < -0.39 is 0 Å². The third-order valence-corrected chi connectivity index (χ3v) is 3.14. The lowest BCUT2D eigenvalue weighted by Crippen LogP contribution is -2.23. The molecule has 0 saturated carbocycles. The highest BCUT2D eigenvalue weighted by Crippen LogP contribution is 2.25. The molecule has 0 radical (unpaired) electrons. The Hall–Kier alpha value is -1.75. The Labute approximate surface area is 112 Å². The lowest BCUT2D eigenvalue weighted by molar-refractivity contribution is 0.247. The van der Waals surface area contributed by atoms with Crippen molar-refractivity contribution in [3.63, 3.8) is 0 Å². The van der Waals surface area contributed by atoms with E-state index in [2.05, 4.69) is 24.1 Å². The molecule has 104 valence electrons. The van der Waals surface area contributed by atoms with Crippen molar-refractivity contribution in [2.75, 3.05) is 24.2 Å². The summed E-state index contributed by atoms with van der Waals surface area (Å²) in [5.74, 6) is 0. The van der Waals surface area contributed by atoms with E-state index in [-0.39, 0.29) is 12.0 Å². The molecule has 5 heteroatoms. The predicted molar refractivity (Wildman–Crippen MR) is 77.0 cm³/mol. The lowest BCUT2D eigenvalue weighted by Gasteiger charge is -2.23. The van der Waals surface area contributed by atoms with Crippen LogP contribution in [0.3, 0.4) is 0 Å². The standard InChI is InChI=1S/C14H21N3O2/c1-14(2,6-3-7-18)9-16-13-17-11-5-4-10(15)8-12(11)19-13/h4-5,8,18H,3,6-7,9,15H2,1-2H3,(H,16,17). The Morgan fingerprint density at radius 2 is 2.21 bits per heavy atom. The zero-order chi connectivity index (χ0) is 13.9. The summed E-state index contributed by atoms with van der Waals surface area (Å²) >= 11 is 0. The number of hydrogen-bond donors (Lipinski definition) is 3. The number of aliphatic hydroxyl groups excluding tert-OH is 1. The molecule has 0 aliphatic carbocycles. The number of rotatable bonds is 6. The third-order valence-electron chi connectivity index (χ3n) is 3.14. The largest absolute Gasteiger partial charge is 0.423 e. The van der Waals surface area contributed by atoms with Gasteiger partial charge in [0.25, 0.3) is 6.01 Å². The van der Waals surface area contributed by atoms with Crippen LogP contribution in [0, 0.1) is 5.41 Å². The van der Waals surface area contributed by atoms with Gasteiger partial charge in [-0.05, 0) is 30.4 Å². The molecule has 0 bridgehead atoms. The molecule has 19 heavy (non-hydrogen) atoms. The van der Waals surface area contributed by atoms with E-state index in [0.717, 1.165) is 24.9 Å². The van der Waals surface area contributed by atoms with Gasteiger partial charge in [-0.25, -0.2) is 0 Å². The second-order valence-corrected chi connectivity index (χ2v) is 5.59. The Morgan fingerprint density at radius 1 is 1.42 bits per heavy atom. The molecule has 4 N–H and O–H groups in total. The Morgan fingerprint density at radius 3 is 2.95 bits per heavy atom. The minimum absolute atomic E-state index is 0.0857. The average molecular weight is 263 g/mol. The van der Waals surface area contributed by atoms with Crippen molar-refractivity contribution in [3.8, 4) is 0 Å². The number of nitrogens with zero attached hydrogens (tertiary/aromatic N) is 1. The van der Waals surface area contributed by atoms with E-state index >= 15 is 0 Å². The van der Waals surface area contributed by atoms with Gasteiger partial charge < -0.3 is 20.6 Å². The van der Waals surface area contributed by atoms with Crippen LogP contribution in [0.5, 0.6) is 0 Å². The van der Waals surface area contributed by atoms with E-state index in [4.69, 9.17) is 15.3 Å². The number of oxazole rings is 1. The quantitative estimate of drug-likeness (QED) is 0.698. The van der Waals surface area contributed by atoms with Crippen LogP contribution in [0.1, 0.15) is 26.7 Å². The minimum Gasteiger partial charge on any atom is -0.423 e. The Bertz CT molecular complexity index is 549. The molecule has 0 spiro atoms. The minimum atomic E-state index is 0.0857. The summed E-state index contributed by atoms with van der Waals surface area (Å²) < 4.78 is 5.60. The normalized spacial score (nSPS) is 11.9. The molecule has 0 aliphatic rings. The Balaban J connectivity index is 2.01. The first-order valence-electron chi connectivity index (χ1n) is 6.51. The average Bonchev–Trinajstić information content (AvgIpc) is 2.76. The molecule has 5 nitrogen and oxygen atoms in total.